The molecule has 0 fully saturated rings. The monoisotopic (exact) mass is 332 g/mol. The van der Waals surface area contributed by atoms with Crippen LogP contribution in [0, 0.1) is 0 Å². The average molecular weight is 332 g/mol. The molecule has 3 aromatic rings. The first kappa shape index (κ1) is 14.7. The minimum Gasteiger partial charge on any atom is -0.472 e. The van der Waals surface area contributed by atoms with Gasteiger partial charge >= 0.3 is 0 Å². The van der Waals surface area contributed by atoms with E-state index in [2.05, 4.69) is 10.3 Å². The van der Waals surface area contributed by atoms with Crippen molar-refractivity contribution >= 4 is 33.7 Å². The van der Waals surface area contributed by atoms with Crippen LogP contribution in [0.25, 0.3) is 10.6 Å². The fourth-order valence-electron chi connectivity index (χ4n) is 1.90. The fourth-order valence-corrected chi connectivity index (χ4v) is 3.39. The molecule has 0 aliphatic rings. The molecule has 1 atom stereocenters. The van der Waals surface area contributed by atoms with Crippen molar-refractivity contribution in [3.63, 3.8) is 0 Å². The number of benzene rings is 1. The Balaban J connectivity index is 1.82. The van der Waals surface area contributed by atoms with Crippen molar-refractivity contribution < 1.29 is 13.4 Å². The summed E-state index contributed by atoms with van der Waals surface area (Å²) in [4.78, 5) is 17.2. The van der Waals surface area contributed by atoms with E-state index in [1.807, 2.05) is 0 Å². The van der Waals surface area contributed by atoms with E-state index in [9.17, 15) is 9.00 Å². The molecule has 2 aromatic heterocycles. The summed E-state index contributed by atoms with van der Waals surface area (Å²) in [5.74, 6) is -0.330. The Morgan fingerprint density at radius 2 is 2.14 bits per heavy atom. The van der Waals surface area contributed by atoms with E-state index in [4.69, 9.17) is 4.42 Å². The Hall–Kier alpha value is -2.25. The minimum atomic E-state index is -1.18. The zero-order valence-electron chi connectivity index (χ0n) is 11.6. The van der Waals surface area contributed by atoms with E-state index in [-0.39, 0.29) is 5.91 Å². The summed E-state index contributed by atoms with van der Waals surface area (Å²) < 4.78 is 16.7. The van der Waals surface area contributed by atoms with Gasteiger partial charge in [-0.1, -0.05) is 12.1 Å². The van der Waals surface area contributed by atoms with Crippen LogP contribution in [0.15, 0.2) is 57.6 Å². The normalized spacial score (nSPS) is 12.0. The third kappa shape index (κ3) is 3.00. The molecule has 5 nitrogen and oxygen atoms in total. The van der Waals surface area contributed by atoms with Crippen molar-refractivity contribution in [1.82, 2.24) is 4.98 Å². The second kappa shape index (κ2) is 6.25. The number of carbonyl (C=O) groups excluding carboxylic acids is 1. The van der Waals surface area contributed by atoms with Crippen molar-refractivity contribution in [3.8, 4) is 10.6 Å². The van der Waals surface area contributed by atoms with E-state index >= 15 is 0 Å². The summed E-state index contributed by atoms with van der Waals surface area (Å²) in [5, 5.41) is 5.15. The van der Waals surface area contributed by atoms with Crippen LogP contribution < -0.4 is 5.32 Å². The lowest BCUT2D eigenvalue weighted by Gasteiger charge is -2.07. The van der Waals surface area contributed by atoms with Crippen LogP contribution in [0.3, 0.4) is 0 Å². The van der Waals surface area contributed by atoms with Gasteiger partial charge in [-0.25, -0.2) is 4.98 Å². The topological polar surface area (TPSA) is 72.2 Å². The van der Waals surface area contributed by atoms with Gasteiger partial charge in [0.05, 0.1) is 27.6 Å². The summed E-state index contributed by atoms with van der Waals surface area (Å²) in [5.41, 5.74) is 1.68. The van der Waals surface area contributed by atoms with Crippen LogP contribution in [-0.2, 0) is 10.8 Å². The first-order valence-corrected chi connectivity index (χ1v) is 8.81. The molecule has 112 valence electrons. The van der Waals surface area contributed by atoms with Gasteiger partial charge in [-0.3, -0.25) is 9.00 Å². The standard InChI is InChI=1S/C15H12N2O3S2/c1-22(19)13-5-3-2-4-11(13)16-14(18)12-9-21-15(17-12)10-6-7-20-8-10/h2-9H,1H3,(H,16,18)/t22-/m1/s1. The van der Waals surface area contributed by atoms with E-state index in [0.717, 1.165) is 5.56 Å². The van der Waals surface area contributed by atoms with Gasteiger partial charge in [-0.2, -0.15) is 0 Å². The largest absolute Gasteiger partial charge is 0.472 e. The van der Waals surface area contributed by atoms with Crippen molar-refractivity contribution in [3.05, 3.63) is 53.9 Å². The van der Waals surface area contributed by atoms with Crippen LogP contribution >= 0.6 is 11.3 Å². The van der Waals surface area contributed by atoms with Gasteiger partial charge in [0.1, 0.15) is 17.0 Å². The Kier molecular flexibility index (Phi) is 4.17. The number of para-hydroxylation sites is 1. The van der Waals surface area contributed by atoms with Gasteiger partial charge < -0.3 is 9.73 Å². The molecular formula is C15H12N2O3S2. The van der Waals surface area contributed by atoms with Crippen molar-refractivity contribution in [1.29, 1.82) is 0 Å². The molecule has 0 aliphatic carbocycles. The number of nitrogens with zero attached hydrogens (tertiary/aromatic N) is 1. The maximum atomic E-state index is 12.3. The van der Waals surface area contributed by atoms with E-state index < -0.39 is 10.8 Å². The average Bonchev–Trinajstić information content (AvgIpc) is 3.18. The van der Waals surface area contributed by atoms with Crippen LogP contribution in [0.1, 0.15) is 10.5 Å². The Bertz CT molecular complexity index is 825. The van der Waals surface area contributed by atoms with Gasteiger partial charge in [0, 0.05) is 17.2 Å². The molecule has 0 saturated heterocycles. The van der Waals surface area contributed by atoms with E-state index in [1.165, 1.54) is 11.3 Å². The molecule has 0 spiro atoms. The smallest absolute Gasteiger partial charge is 0.275 e. The first-order valence-electron chi connectivity index (χ1n) is 6.37. The highest BCUT2D eigenvalue weighted by molar-refractivity contribution is 7.84. The molecular weight excluding hydrogens is 320 g/mol. The summed E-state index contributed by atoms with van der Waals surface area (Å²) in [6.07, 6.45) is 4.71. The molecule has 1 amide bonds. The lowest BCUT2D eigenvalue weighted by molar-refractivity contribution is 0.102. The number of thiazole rings is 1. The third-order valence-electron chi connectivity index (χ3n) is 2.95. The number of amides is 1. The van der Waals surface area contributed by atoms with Crippen molar-refractivity contribution in [2.75, 3.05) is 11.6 Å². The molecule has 7 heteroatoms. The summed E-state index contributed by atoms with van der Waals surface area (Å²) >= 11 is 1.36. The number of rotatable bonds is 4. The molecule has 0 bridgehead atoms. The van der Waals surface area contributed by atoms with Gasteiger partial charge in [-0.05, 0) is 18.2 Å². The quantitative estimate of drug-likeness (QED) is 0.795. The number of nitrogens with one attached hydrogen (secondary N) is 1. The van der Waals surface area contributed by atoms with Gasteiger partial charge in [0.15, 0.2) is 0 Å². The SMILES string of the molecule is C[S@@](=O)c1ccccc1NC(=O)c1csc(-c2ccoc2)n1. The summed E-state index contributed by atoms with van der Waals surface area (Å²) in [6, 6.07) is 8.80. The van der Waals surface area contributed by atoms with Crippen molar-refractivity contribution in [2.45, 2.75) is 4.90 Å². The highest BCUT2D eigenvalue weighted by Crippen LogP contribution is 2.25. The maximum absolute atomic E-state index is 12.3. The second-order valence-electron chi connectivity index (χ2n) is 4.45. The molecule has 3 rings (SSSR count). The second-order valence-corrected chi connectivity index (χ2v) is 6.66. The van der Waals surface area contributed by atoms with Gasteiger partial charge in [0.2, 0.25) is 0 Å². The Morgan fingerprint density at radius 3 is 2.86 bits per heavy atom. The van der Waals surface area contributed by atoms with Crippen molar-refractivity contribution in [2.24, 2.45) is 0 Å². The summed E-state index contributed by atoms with van der Waals surface area (Å²) in [7, 11) is -1.18. The number of carbonyl (C=O) groups is 1. The van der Waals surface area contributed by atoms with Crippen LogP contribution in [0.4, 0.5) is 5.69 Å². The fraction of sp³-hybridized carbons (Fsp3) is 0.0667. The Labute approximate surface area is 133 Å². The minimum absolute atomic E-state index is 0.317. The predicted molar refractivity (Wildman–Crippen MR) is 86.5 cm³/mol. The third-order valence-corrected chi connectivity index (χ3v) is 4.82. The molecule has 1 aromatic carbocycles. The van der Waals surface area contributed by atoms with E-state index in [0.29, 0.717) is 21.3 Å². The molecule has 0 radical (unpaired) electrons. The summed E-state index contributed by atoms with van der Waals surface area (Å²) in [6.45, 7) is 0. The van der Waals surface area contributed by atoms with Crippen LogP contribution in [0.2, 0.25) is 0 Å². The molecule has 1 N–H and O–H groups in total. The first-order chi connectivity index (χ1) is 10.6. The number of aromatic nitrogens is 1. The van der Waals surface area contributed by atoms with E-state index in [1.54, 1.807) is 54.5 Å². The number of furan rings is 1. The molecule has 2 heterocycles. The predicted octanol–water partition coefficient (Wildman–Crippen LogP) is 3.39. The molecule has 22 heavy (non-hydrogen) atoms. The highest BCUT2D eigenvalue weighted by atomic mass is 32.2. The number of hydrogen-bond donors (Lipinski definition) is 1. The molecule has 0 unspecified atom stereocenters. The van der Waals surface area contributed by atoms with Gasteiger partial charge in [0.25, 0.3) is 5.91 Å². The highest BCUT2D eigenvalue weighted by Gasteiger charge is 2.15. The Morgan fingerprint density at radius 1 is 1.32 bits per heavy atom. The molecule has 0 saturated carbocycles. The number of anilines is 1. The lowest BCUT2D eigenvalue weighted by atomic mass is 10.3. The zero-order chi connectivity index (χ0) is 15.5. The van der Waals surface area contributed by atoms with Gasteiger partial charge in [-0.15, -0.1) is 11.3 Å². The lowest BCUT2D eigenvalue weighted by Crippen LogP contribution is -2.13. The number of hydrogen-bond acceptors (Lipinski definition) is 5. The van der Waals surface area contributed by atoms with Crippen LogP contribution in [0.5, 0.6) is 0 Å². The maximum Gasteiger partial charge on any atom is 0.275 e. The van der Waals surface area contributed by atoms with Crippen LogP contribution in [-0.4, -0.2) is 21.4 Å². The molecule has 0 aliphatic heterocycles. The zero-order valence-corrected chi connectivity index (χ0v) is 13.2.